The third-order valence-electron chi connectivity index (χ3n) is 7.62. The molecular formula is C28H31N3. The quantitative estimate of drug-likeness (QED) is 0.449. The van der Waals surface area contributed by atoms with Gasteiger partial charge in [-0.1, -0.05) is 17.7 Å². The Morgan fingerprint density at radius 2 is 1.29 bits per heavy atom. The van der Waals surface area contributed by atoms with Gasteiger partial charge in [0.15, 0.2) is 0 Å². The predicted molar refractivity (Wildman–Crippen MR) is 131 cm³/mol. The molecule has 31 heavy (non-hydrogen) atoms. The number of nitrogens with zero attached hydrogens (tertiary/aromatic N) is 3. The first kappa shape index (κ1) is 19.2. The molecule has 1 aliphatic heterocycles. The Hall–Kier alpha value is -2.55. The topological polar surface area (TPSA) is 37.1 Å². The fourth-order valence-electron chi connectivity index (χ4n) is 6.15. The normalized spacial score (nSPS) is 24.3. The average molecular weight is 410 g/mol. The van der Waals surface area contributed by atoms with Crippen molar-refractivity contribution in [2.45, 2.75) is 84.0 Å². The number of aryl methyl sites for hydroxylation is 1. The van der Waals surface area contributed by atoms with E-state index in [0.29, 0.717) is 0 Å². The van der Waals surface area contributed by atoms with Crippen molar-refractivity contribution in [1.29, 1.82) is 0 Å². The Morgan fingerprint density at radius 1 is 0.710 bits per heavy atom. The van der Waals surface area contributed by atoms with Crippen molar-refractivity contribution in [3.05, 3.63) is 52.1 Å². The van der Waals surface area contributed by atoms with Crippen LogP contribution in [0.1, 0.15) is 82.6 Å². The molecule has 4 aliphatic carbocycles. The highest BCUT2D eigenvalue weighted by Gasteiger charge is 2.29. The summed E-state index contributed by atoms with van der Waals surface area (Å²) < 4.78 is 0. The van der Waals surface area contributed by atoms with Crippen molar-refractivity contribution in [3.8, 4) is 0 Å². The smallest absolute Gasteiger partial charge is 0.0911 e. The van der Waals surface area contributed by atoms with Gasteiger partial charge in [0.25, 0.3) is 0 Å². The third-order valence-corrected chi connectivity index (χ3v) is 7.62. The molecule has 1 heterocycles. The van der Waals surface area contributed by atoms with Gasteiger partial charge in [0.05, 0.1) is 28.5 Å². The first-order chi connectivity index (χ1) is 15.2. The van der Waals surface area contributed by atoms with E-state index in [1.165, 1.54) is 90.8 Å². The van der Waals surface area contributed by atoms with Crippen LogP contribution in [0.2, 0.25) is 0 Å². The second-order valence-electron chi connectivity index (χ2n) is 9.78. The molecule has 0 amide bonds. The molecule has 158 valence electrons. The van der Waals surface area contributed by atoms with E-state index < -0.39 is 0 Å². The molecule has 0 saturated carbocycles. The average Bonchev–Trinajstić information content (AvgIpc) is 2.92. The summed E-state index contributed by atoms with van der Waals surface area (Å²) >= 11 is 0. The zero-order chi connectivity index (χ0) is 20.9. The molecule has 0 spiro atoms. The van der Waals surface area contributed by atoms with Crippen LogP contribution < -0.4 is 0 Å². The van der Waals surface area contributed by atoms with E-state index >= 15 is 0 Å². The Balaban J connectivity index is 1.47. The standard InChI is InChI=1S/C28H31N3/c1-17-7-3-8-19-9-4-12-21(27(17)19)29-24-16-26-25(15-18(24)2)30-22-13-5-10-20-11-6-14-23(31-26)28(20)22/h15-16H,1,3-14H2,2H3. The summed E-state index contributed by atoms with van der Waals surface area (Å²) in [4.78, 5) is 15.6. The Labute approximate surface area is 185 Å². The number of hydrogen-bond donors (Lipinski definition) is 0. The maximum Gasteiger partial charge on any atom is 0.0911 e. The molecule has 0 bridgehead atoms. The van der Waals surface area contributed by atoms with Crippen LogP contribution >= 0.6 is 0 Å². The predicted octanol–water partition coefficient (Wildman–Crippen LogP) is 8.11. The molecular weight excluding hydrogens is 378 g/mol. The zero-order valence-corrected chi connectivity index (χ0v) is 18.7. The van der Waals surface area contributed by atoms with Crippen molar-refractivity contribution >= 4 is 34.2 Å². The van der Waals surface area contributed by atoms with E-state index in [9.17, 15) is 0 Å². The molecule has 1 aromatic rings. The second-order valence-corrected chi connectivity index (χ2v) is 9.78. The van der Waals surface area contributed by atoms with Crippen molar-refractivity contribution in [1.82, 2.24) is 0 Å². The highest BCUT2D eigenvalue weighted by atomic mass is 14.9. The molecule has 0 fully saturated rings. The van der Waals surface area contributed by atoms with Crippen molar-refractivity contribution in [3.63, 3.8) is 0 Å². The van der Waals surface area contributed by atoms with Gasteiger partial charge < -0.3 is 0 Å². The first-order valence-corrected chi connectivity index (χ1v) is 12.2. The van der Waals surface area contributed by atoms with E-state index in [2.05, 4.69) is 25.6 Å². The number of allylic oxidation sites excluding steroid dienone is 5. The summed E-state index contributed by atoms with van der Waals surface area (Å²) in [5.41, 5.74) is 15.3. The van der Waals surface area contributed by atoms with Crippen molar-refractivity contribution in [2.24, 2.45) is 15.0 Å². The van der Waals surface area contributed by atoms with Crippen molar-refractivity contribution in [2.75, 3.05) is 0 Å². The number of rotatable bonds is 1. The first-order valence-electron chi connectivity index (χ1n) is 12.2. The SMILES string of the molecule is C=C1CCCC2=C1C(=Nc1cc3c(cc1C)N=C1CCCC4=C1C(=N3)CCC4)CCC2. The largest absolute Gasteiger partial charge is 0.252 e. The van der Waals surface area contributed by atoms with Crippen LogP contribution in [0, 0.1) is 6.92 Å². The molecule has 1 aromatic carbocycles. The molecule has 5 aliphatic rings. The van der Waals surface area contributed by atoms with Crippen LogP contribution in [0.5, 0.6) is 0 Å². The molecule has 3 heteroatoms. The fraction of sp³-hybridized carbons (Fsp3) is 0.464. The highest BCUT2D eigenvalue weighted by Crippen LogP contribution is 2.43. The van der Waals surface area contributed by atoms with Gasteiger partial charge in [0.2, 0.25) is 0 Å². The van der Waals surface area contributed by atoms with Crippen LogP contribution in [-0.2, 0) is 0 Å². The van der Waals surface area contributed by atoms with Crippen LogP contribution in [0.3, 0.4) is 0 Å². The molecule has 0 saturated heterocycles. The summed E-state index contributed by atoms with van der Waals surface area (Å²) in [6.07, 6.45) is 14.1. The lowest BCUT2D eigenvalue weighted by Gasteiger charge is -2.28. The molecule has 3 nitrogen and oxygen atoms in total. The van der Waals surface area contributed by atoms with Gasteiger partial charge in [-0.2, -0.15) is 0 Å². The highest BCUT2D eigenvalue weighted by molar-refractivity contribution is 6.27. The number of benzene rings is 1. The fourth-order valence-corrected chi connectivity index (χ4v) is 6.15. The molecule has 0 radical (unpaired) electrons. The third kappa shape index (κ3) is 3.30. The monoisotopic (exact) mass is 409 g/mol. The number of aliphatic imine (C=N–C) groups is 3. The summed E-state index contributed by atoms with van der Waals surface area (Å²) in [7, 11) is 0. The second kappa shape index (κ2) is 7.55. The summed E-state index contributed by atoms with van der Waals surface area (Å²) in [5.74, 6) is 0. The summed E-state index contributed by atoms with van der Waals surface area (Å²) in [5, 5.41) is 0. The van der Waals surface area contributed by atoms with Gasteiger partial charge in [-0.25, -0.2) is 0 Å². The lowest BCUT2D eigenvalue weighted by atomic mass is 9.78. The lowest BCUT2D eigenvalue weighted by Crippen LogP contribution is -2.22. The Bertz CT molecular complexity index is 1140. The van der Waals surface area contributed by atoms with Crippen molar-refractivity contribution < 1.29 is 0 Å². The van der Waals surface area contributed by atoms with Gasteiger partial charge in [-0.05, 0) is 113 Å². The van der Waals surface area contributed by atoms with E-state index in [0.717, 1.165) is 42.7 Å². The molecule has 0 aromatic heterocycles. The maximum absolute atomic E-state index is 5.23. The van der Waals surface area contributed by atoms with Gasteiger partial charge in [-0.3, -0.25) is 15.0 Å². The molecule has 0 unspecified atom stereocenters. The van der Waals surface area contributed by atoms with Gasteiger partial charge in [-0.15, -0.1) is 0 Å². The van der Waals surface area contributed by atoms with Gasteiger partial charge in [0, 0.05) is 11.3 Å². The minimum Gasteiger partial charge on any atom is -0.252 e. The zero-order valence-electron chi connectivity index (χ0n) is 18.7. The van der Waals surface area contributed by atoms with E-state index in [4.69, 9.17) is 15.0 Å². The maximum atomic E-state index is 5.23. The van der Waals surface area contributed by atoms with Crippen LogP contribution in [0.25, 0.3) is 0 Å². The number of fused-ring (bicyclic) bond motifs is 1. The minimum absolute atomic E-state index is 1.00. The molecule has 0 atom stereocenters. The van der Waals surface area contributed by atoms with E-state index in [1.807, 2.05) is 0 Å². The van der Waals surface area contributed by atoms with E-state index in [1.54, 1.807) is 11.1 Å². The molecule has 6 rings (SSSR count). The Morgan fingerprint density at radius 3 is 2.00 bits per heavy atom. The Kier molecular flexibility index (Phi) is 4.66. The summed E-state index contributed by atoms with van der Waals surface area (Å²) in [6, 6.07) is 4.41. The van der Waals surface area contributed by atoms with E-state index in [-0.39, 0.29) is 0 Å². The molecule has 0 N–H and O–H groups in total. The lowest BCUT2D eigenvalue weighted by molar-refractivity contribution is 0.695. The number of hydrogen-bond acceptors (Lipinski definition) is 3. The van der Waals surface area contributed by atoms with Crippen LogP contribution in [0.4, 0.5) is 17.1 Å². The van der Waals surface area contributed by atoms with Gasteiger partial charge in [0.1, 0.15) is 0 Å². The van der Waals surface area contributed by atoms with Crippen LogP contribution in [-0.4, -0.2) is 17.1 Å². The van der Waals surface area contributed by atoms with Gasteiger partial charge >= 0.3 is 0 Å². The van der Waals surface area contributed by atoms with Crippen LogP contribution in [0.15, 0.2) is 61.6 Å². The minimum atomic E-state index is 1.00. The summed E-state index contributed by atoms with van der Waals surface area (Å²) in [6.45, 7) is 6.56.